The molecule has 0 aliphatic heterocycles. The van der Waals surface area contributed by atoms with Crippen molar-refractivity contribution in [1.29, 1.82) is 0 Å². The number of hydrogen-bond acceptors (Lipinski definition) is 1. The largest absolute Gasteiger partial charge is 0.310 e. The normalized spacial score (nSPS) is 12.8. The van der Waals surface area contributed by atoms with Gasteiger partial charge in [0.1, 0.15) is 0 Å². The molecule has 0 bridgehead atoms. The predicted octanol–water partition coefficient (Wildman–Crippen LogP) is 19.2. The molecule has 0 saturated heterocycles. The fourth-order valence-corrected chi connectivity index (χ4v) is 11.2. The third kappa shape index (κ3) is 7.71. The summed E-state index contributed by atoms with van der Waals surface area (Å²) in [5.74, 6) is 0.324. The molecule has 70 heavy (non-hydrogen) atoms. The van der Waals surface area contributed by atoms with Crippen LogP contribution in [0.1, 0.15) is 54.5 Å². The second kappa shape index (κ2) is 18.7. The molecular weight excluding hydrogens is 845 g/mol. The highest BCUT2D eigenvalue weighted by atomic mass is 15.1. The maximum atomic E-state index is 2.48. The zero-order valence-electron chi connectivity index (χ0n) is 41.0. The molecule has 0 fully saturated rings. The Bertz CT molecular complexity index is 3690. The van der Waals surface area contributed by atoms with Crippen molar-refractivity contribution in [2.24, 2.45) is 0 Å². The van der Waals surface area contributed by atoms with Crippen LogP contribution in [0.4, 0.5) is 17.1 Å². The minimum absolute atomic E-state index is 0.324. The van der Waals surface area contributed by atoms with Gasteiger partial charge in [-0.15, -0.1) is 0 Å². The maximum absolute atomic E-state index is 2.48. The summed E-state index contributed by atoms with van der Waals surface area (Å²) < 4.78 is 2.41. The van der Waals surface area contributed by atoms with Crippen LogP contribution in [0.15, 0.2) is 224 Å². The van der Waals surface area contributed by atoms with E-state index in [1.165, 1.54) is 105 Å². The van der Waals surface area contributed by atoms with Gasteiger partial charge >= 0.3 is 0 Å². The van der Waals surface area contributed by atoms with E-state index < -0.39 is 0 Å². The zero-order chi connectivity index (χ0) is 47.9. The molecule has 2 nitrogen and oxygen atoms in total. The molecule has 1 aromatic heterocycles. The molecule has 0 radical (unpaired) electrons. The van der Waals surface area contributed by atoms with Crippen LogP contribution in [-0.4, -0.2) is 4.57 Å². The van der Waals surface area contributed by atoms with Gasteiger partial charge in [-0.25, -0.2) is 0 Å². The van der Waals surface area contributed by atoms with Crippen molar-refractivity contribution < 1.29 is 0 Å². The number of benzene rings is 10. The second-order valence-electron chi connectivity index (χ2n) is 18.6. The predicted molar refractivity (Wildman–Crippen MR) is 300 cm³/mol. The molecule has 10 aromatic carbocycles. The van der Waals surface area contributed by atoms with Gasteiger partial charge in [-0.1, -0.05) is 191 Å². The number of hydrogen-bond donors (Lipinski definition) is 0. The van der Waals surface area contributed by atoms with Gasteiger partial charge < -0.3 is 9.47 Å². The van der Waals surface area contributed by atoms with E-state index in [9.17, 15) is 0 Å². The highest BCUT2D eigenvalue weighted by Crippen LogP contribution is 2.48. The lowest BCUT2D eigenvalue weighted by atomic mass is 9.78. The van der Waals surface area contributed by atoms with Gasteiger partial charge in [-0.3, -0.25) is 0 Å². The Labute approximate surface area is 413 Å². The number of anilines is 3. The van der Waals surface area contributed by atoms with Gasteiger partial charge in [0, 0.05) is 27.8 Å². The quantitative estimate of drug-likeness (QED) is 0.147. The lowest BCUT2D eigenvalue weighted by Crippen LogP contribution is -2.13. The van der Waals surface area contributed by atoms with E-state index in [0.717, 1.165) is 29.2 Å². The first-order valence-electron chi connectivity index (χ1n) is 25.0. The number of aromatic nitrogens is 1. The summed E-state index contributed by atoms with van der Waals surface area (Å²) in [7, 11) is 0. The van der Waals surface area contributed by atoms with E-state index in [4.69, 9.17) is 0 Å². The third-order valence-corrected chi connectivity index (χ3v) is 14.6. The molecule has 2 heteroatoms. The molecule has 0 N–H and O–H groups in total. The molecule has 11 aromatic rings. The molecule has 1 heterocycles. The maximum Gasteiger partial charge on any atom is 0.0562 e. The van der Waals surface area contributed by atoms with Crippen LogP contribution in [0.25, 0.3) is 83.1 Å². The zero-order valence-corrected chi connectivity index (χ0v) is 41.0. The number of aryl methyl sites for hydroxylation is 1. The SMILES string of the molecule is CC.Cc1ccccc1-c1cccc(-c2cccc(-c3ccc4c(c3)CC(C)c3cc(N(c5ccc(-c6ccccc6)cc5)c5cccc6c5c5ccccc5n6-c5ccccc5)ccc3-4)c2C)c1C. The monoisotopic (exact) mass is 902 g/mol. The summed E-state index contributed by atoms with van der Waals surface area (Å²) in [5.41, 5.74) is 26.5. The molecule has 1 aliphatic carbocycles. The summed E-state index contributed by atoms with van der Waals surface area (Å²) in [5, 5.41) is 2.46. The van der Waals surface area contributed by atoms with E-state index >= 15 is 0 Å². The molecule has 12 rings (SSSR count). The molecule has 1 unspecified atom stereocenters. The van der Waals surface area contributed by atoms with Crippen LogP contribution in [-0.2, 0) is 6.42 Å². The minimum atomic E-state index is 0.324. The average Bonchev–Trinajstić information content (AvgIpc) is 3.75. The smallest absolute Gasteiger partial charge is 0.0562 e. The fraction of sp³-hybridized carbons (Fsp3) is 0.118. The van der Waals surface area contributed by atoms with E-state index in [2.05, 4.69) is 262 Å². The number of rotatable bonds is 8. The first-order chi connectivity index (χ1) is 34.4. The van der Waals surface area contributed by atoms with Crippen LogP contribution in [0.2, 0.25) is 0 Å². The van der Waals surface area contributed by atoms with Gasteiger partial charge in [0.15, 0.2) is 0 Å². The van der Waals surface area contributed by atoms with E-state index in [1.54, 1.807) is 0 Å². The van der Waals surface area contributed by atoms with Gasteiger partial charge in [0.05, 0.1) is 16.7 Å². The minimum Gasteiger partial charge on any atom is -0.310 e. The standard InChI is InChI=1S/C66H52N2.C2H6/c1-43-18-11-12-23-54(43)56-26-16-28-58(46(56)4)57-27-15-25-55(45(57)3)49-34-38-59-50(41-49)40-44(2)62-42-53(37-39-60(59)62)67(52-35-32-48(33-36-52)47-19-7-5-8-20-47)64-30-17-31-65-66(64)61-24-13-14-29-63(61)68(65)51-21-9-6-10-22-51;1-2/h5-39,41-42,44H,40H2,1-4H3;1-2H3. The molecule has 0 saturated carbocycles. The van der Waals surface area contributed by atoms with Gasteiger partial charge in [-0.05, 0) is 171 Å². The molecule has 1 aliphatic rings. The Morgan fingerprint density at radius 2 is 0.957 bits per heavy atom. The van der Waals surface area contributed by atoms with E-state index in [0.29, 0.717) is 5.92 Å². The number of para-hydroxylation sites is 2. The molecule has 0 amide bonds. The first kappa shape index (κ1) is 44.3. The summed E-state index contributed by atoms with van der Waals surface area (Å²) in [4.78, 5) is 2.48. The van der Waals surface area contributed by atoms with Crippen molar-refractivity contribution in [3.05, 3.63) is 252 Å². The Kier molecular flexibility index (Phi) is 11.8. The Balaban J connectivity index is 0.00000263. The summed E-state index contributed by atoms with van der Waals surface area (Å²) in [6, 6.07) is 82.8. The fourth-order valence-electron chi connectivity index (χ4n) is 11.2. The molecule has 340 valence electrons. The van der Waals surface area contributed by atoms with Gasteiger partial charge in [0.2, 0.25) is 0 Å². The highest BCUT2D eigenvalue weighted by Gasteiger charge is 2.27. The van der Waals surface area contributed by atoms with E-state index in [-0.39, 0.29) is 0 Å². The van der Waals surface area contributed by atoms with Crippen molar-refractivity contribution >= 4 is 38.9 Å². The van der Waals surface area contributed by atoms with Gasteiger partial charge in [-0.2, -0.15) is 0 Å². The summed E-state index contributed by atoms with van der Waals surface area (Å²) in [6.07, 6.45) is 0.974. The average molecular weight is 903 g/mol. The van der Waals surface area contributed by atoms with Crippen molar-refractivity contribution in [1.82, 2.24) is 4.57 Å². The summed E-state index contributed by atoms with van der Waals surface area (Å²) in [6.45, 7) is 13.2. The lowest BCUT2D eigenvalue weighted by Gasteiger charge is -2.31. The second-order valence-corrected chi connectivity index (χ2v) is 18.6. The topological polar surface area (TPSA) is 8.17 Å². The third-order valence-electron chi connectivity index (χ3n) is 14.6. The number of fused-ring (bicyclic) bond motifs is 6. The highest BCUT2D eigenvalue weighted by molar-refractivity contribution is 6.16. The van der Waals surface area contributed by atoms with Crippen LogP contribution in [0.5, 0.6) is 0 Å². The molecule has 1 atom stereocenters. The van der Waals surface area contributed by atoms with Crippen molar-refractivity contribution in [2.45, 2.75) is 53.9 Å². The summed E-state index contributed by atoms with van der Waals surface area (Å²) >= 11 is 0. The molecular formula is C68H58N2. The lowest BCUT2D eigenvalue weighted by molar-refractivity contribution is 0.749. The van der Waals surface area contributed by atoms with Crippen molar-refractivity contribution in [3.8, 4) is 61.3 Å². The van der Waals surface area contributed by atoms with Crippen LogP contribution in [0, 0.1) is 20.8 Å². The van der Waals surface area contributed by atoms with E-state index in [1.807, 2.05) is 13.8 Å². The van der Waals surface area contributed by atoms with Gasteiger partial charge in [0.25, 0.3) is 0 Å². The first-order valence-corrected chi connectivity index (χ1v) is 25.0. The Hall–Kier alpha value is -8.20. The van der Waals surface area contributed by atoms with Crippen LogP contribution in [0.3, 0.4) is 0 Å². The Morgan fingerprint density at radius 1 is 0.414 bits per heavy atom. The Morgan fingerprint density at radius 3 is 1.70 bits per heavy atom. The van der Waals surface area contributed by atoms with Crippen molar-refractivity contribution in [2.75, 3.05) is 4.90 Å². The van der Waals surface area contributed by atoms with Crippen LogP contribution >= 0.6 is 0 Å². The van der Waals surface area contributed by atoms with Crippen molar-refractivity contribution in [3.63, 3.8) is 0 Å². The molecule has 0 spiro atoms. The number of nitrogens with zero attached hydrogens (tertiary/aromatic N) is 2. The van der Waals surface area contributed by atoms with Crippen LogP contribution < -0.4 is 4.90 Å².